The number of carbonyl (C=O) groups excluding carboxylic acids is 3. The van der Waals surface area contributed by atoms with Gasteiger partial charge in [-0.05, 0) is 52.3 Å². The molecule has 0 aliphatic heterocycles. The number of amides is 3. The van der Waals surface area contributed by atoms with E-state index >= 15 is 0 Å². The summed E-state index contributed by atoms with van der Waals surface area (Å²) in [6, 6.07) is 4.47. The fourth-order valence-electron chi connectivity index (χ4n) is 1.99. The molecule has 0 radical (unpaired) electrons. The van der Waals surface area contributed by atoms with Gasteiger partial charge in [-0.3, -0.25) is 10.1 Å². The first kappa shape index (κ1) is 23.6. The summed E-state index contributed by atoms with van der Waals surface area (Å²) >= 11 is 0. The topological polar surface area (TPSA) is 131 Å². The fraction of sp³-hybridized carbons (Fsp3) is 0.500. The molecule has 0 heterocycles. The molecule has 0 aliphatic carbocycles. The van der Waals surface area contributed by atoms with E-state index < -0.39 is 40.1 Å². The van der Waals surface area contributed by atoms with Crippen LogP contribution < -0.4 is 15.4 Å². The quantitative estimate of drug-likeness (QED) is 0.581. The van der Waals surface area contributed by atoms with Gasteiger partial charge in [0.05, 0.1) is 10.5 Å². The molecule has 156 valence electrons. The Morgan fingerprint density at radius 3 is 2.39 bits per heavy atom. The minimum absolute atomic E-state index is 0.0337. The molecule has 28 heavy (non-hydrogen) atoms. The molecule has 1 aromatic carbocycles. The van der Waals surface area contributed by atoms with Gasteiger partial charge in [-0.15, -0.1) is 0 Å². The van der Waals surface area contributed by atoms with Gasteiger partial charge in [0.15, 0.2) is 6.61 Å². The Morgan fingerprint density at radius 2 is 1.82 bits per heavy atom. The van der Waals surface area contributed by atoms with Crippen molar-refractivity contribution in [2.45, 2.75) is 57.5 Å². The number of ether oxygens (including phenoxy) is 1. The van der Waals surface area contributed by atoms with Crippen LogP contribution in [0, 0.1) is 0 Å². The van der Waals surface area contributed by atoms with Crippen molar-refractivity contribution >= 4 is 27.9 Å². The van der Waals surface area contributed by atoms with E-state index in [1.165, 1.54) is 18.2 Å². The molecule has 0 aliphatic rings. The average molecular weight is 413 g/mol. The Hall–Kier alpha value is -2.46. The zero-order valence-corrected chi connectivity index (χ0v) is 17.5. The van der Waals surface area contributed by atoms with Crippen LogP contribution in [0.1, 0.15) is 51.4 Å². The maximum absolute atomic E-state index is 12.4. The zero-order chi connectivity index (χ0) is 21.5. The number of benzene rings is 1. The Bertz CT molecular complexity index is 830. The highest BCUT2D eigenvalue weighted by molar-refractivity contribution is 7.89. The number of nitrogens with one attached hydrogen (secondary N) is 3. The van der Waals surface area contributed by atoms with E-state index in [0.29, 0.717) is 6.42 Å². The van der Waals surface area contributed by atoms with Crippen LogP contribution in [-0.4, -0.2) is 44.5 Å². The second-order valence-electron chi connectivity index (χ2n) is 7.29. The van der Waals surface area contributed by atoms with Crippen LogP contribution >= 0.6 is 0 Å². The van der Waals surface area contributed by atoms with E-state index in [-0.39, 0.29) is 16.5 Å². The molecule has 0 unspecified atom stereocenters. The SMILES string of the molecule is CC[C@H](C)NC(=O)NC(=O)COC(=O)c1cccc(S(=O)(=O)NC(C)(C)C)c1. The van der Waals surface area contributed by atoms with Gasteiger partial charge in [0.25, 0.3) is 5.91 Å². The van der Waals surface area contributed by atoms with E-state index in [1.807, 2.05) is 12.2 Å². The fourth-order valence-corrected chi connectivity index (χ4v) is 3.46. The number of esters is 1. The lowest BCUT2D eigenvalue weighted by Crippen LogP contribution is -2.44. The molecule has 0 spiro atoms. The van der Waals surface area contributed by atoms with Crippen molar-refractivity contribution in [3.8, 4) is 0 Å². The Balaban J connectivity index is 2.71. The van der Waals surface area contributed by atoms with Crippen LogP contribution in [0.5, 0.6) is 0 Å². The van der Waals surface area contributed by atoms with Crippen molar-refractivity contribution in [2.24, 2.45) is 0 Å². The number of imide groups is 1. The van der Waals surface area contributed by atoms with Crippen LogP contribution in [0.15, 0.2) is 29.2 Å². The summed E-state index contributed by atoms with van der Waals surface area (Å²) in [7, 11) is -3.83. The Morgan fingerprint density at radius 1 is 1.18 bits per heavy atom. The van der Waals surface area contributed by atoms with Gasteiger partial charge in [0.1, 0.15) is 0 Å². The molecule has 3 amide bonds. The molecule has 0 bridgehead atoms. The van der Waals surface area contributed by atoms with Gasteiger partial charge in [-0.2, -0.15) is 0 Å². The number of sulfonamides is 1. The van der Waals surface area contributed by atoms with Crippen LogP contribution in [0.4, 0.5) is 4.79 Å². The number of carbonyl (C=O) groups is 3. The molecule has 0 saturated carbocycles. The predicted octanol–water partition coefficient (Wildman–Crippen LogP) is 1.54. The summed E-state index contributed by atoms with van der Waals surface area (Å²) in [5, 5.41) is 4.58. The molecule has 9 nitrogen and oxygen atoms in total. The van der Waals surface area contributed by atoms with E-state index in [1.54, 1.807) is 27.7 Å². The molecule has 1 aromatic rings. The summed E-state index contributed by atoms with van der Waals surface area (Å²) in [6.45, 7) is 8.06. The minimum Gasteiger partial charge on any atom is -0.452 e. The number of hydrogen-bond donors (Lipinski definition) is 3. The number of hydrogen-bond acceptors (Lipinski definition) is 6. The van der Waals surface area contributed by atoms with Gasteiger partial charge in [-0.25, -0.2) is 22.7 Å². The lowest BCUT2D eigenvalue weighted by molar-refractivity contribution is -0.123. The monoisotopic (exact) mass is 413 g/mol. The lowest BCUT2D eigenvalue weighted by atomic mass is 10.1. The highest BCUT2D eigenvalue weighted by atomic mass is 32.2. The molecule has 1 atom stereocenters. The third kappa shape index (κ3) is 8.05. The first-order chi connectivity index (χ1) is 12.8. The predicted molar refractivity (Wildman–Crippen MR) is 103 cm³/mol. The first-order valence-electron chi connectivity index (χ1n) is 8.75. The third-order valence-corrected chi connectivity index (χ3v) is 5.15. The molecule has 1 rings (SSSR count). The van der Waals surface area contributed by atoms with Gasteiger partial charge < -0.3 is 10.1 Å². The number of urea groups is 1. The molecular weight excluding hydrogens is 386 g/mol. The minimum atomic E-state index is -3.83. The normalized spacial score (nSPS) is 12.8. The lowest BCUT2D eigenvalue weighted by Gasteiger charge is -2.20. The van der Waals surface area contributed by atoms with Crippen LogP contribution in [-0.2, 0) is 19.6 Å². The molecule has 0 aromatic heterocycles. The van der Waals surface area contributed by atoms with E-state index in [4.69, 9.17) is 4.74 Å². The summed E-state index contributed by atoms with van der Waals surface area (Å²) in [4.78, 5) is 35.2. The van der Waals surface area contributed by atoms with Crippen LogP contribution in [0.25, 0.3) is 0 Å². The highest BCUT2D eigenvalue weighted by Crippen LogP contribution is 2.15. The molecule has 0 saturated heterocycles. The zero-order valence-electron chi connectivity index (χ0n) is 16.7. The van der Waals surface area contributed by atoms with E-state index in [2.05, 4.69) is 10.0 Å². The summed E-state index contributed by atoms with van der Waals surface area (Å²) in [5.41, 5.74) is -0.725. The van der Waals surface area contributed by atoms with Crippen molar-refractivity contribution in [1.29, 1.82) is 0 Å². The first-order valence-corrected chi connectivity index (χ1v) is 10.2. The van der Waals surface area contributed by atoms with Crippen molar-refractivity contribution in [1.82, 2.24) is 15.4 Å². The van der Waals surface area contributed by atoms with Gasteiger partial charge >= 0.3 is 12.0 Å². The molecule has 3 N–H and O–H groups in total. The maximum atomic E-state index is 12.4. The van der Waals surface area contributed by atoms with Crippen LogP contribution in [0.3, 0.4) is 0 Å². The van der Waals surface area contributed by atoms with Crippen molar-refractivity contribution in [3.63, 3.8) is 0 Å². The smallest absolute Gasteiger partial charge is 0.338 e. The second-order valence-corrected chi connectivity index (χ2v) is 8.97. The Labute approximate surface area is 165 Å². The number of rotatable bonds is 7. The van der Waals surface area contributed by atoms with Crippen molar-refractivity contribution in [3.05, 3.63) is 29.8 Å². The average Bonchev–Trinajstić information content (AvgIpc) is 2.57. The molecule has 10 heteroatoms. The standard InChI is InChI=1S/C18H27N3O6S/c1-6-12(2)19-17(24)20-15(22)11-27-16(23)13-8-7-9-14(10-13)28(25,26)21-18(3,4)5/h7-10,12,21H,6,11H2,1-5H3,(H2,19,20,22,24)/t12-/m0/s1. The van der Waals surface area contributed by atoms with Crippen molar-refractivity contribution in [2.75, 3.05) is 6.61 Å². The Kier molecular flexibility index (Phi) is 8.13. The summed E-state index contributed by atoms with van der Waals surface area (Å²) in [5.74, 6) is -1.68. The highest BCUT2D eigenvalue weighted by Gasteiger charge is 2.23. The summed E-state index contributed by atoms with van der Waals surface area (Å²) in [6.07, 6.45) is 0.694. The summed E-state index contributed by atoms with van der Waals surface area (Å²) < 4.78 is 32.0. The van der Waals surface area contributed by atoms with Gasteiger partial charge in [0.2, 0.25) is 10.0 Å². The maximum Gasteiger partial charge on any atom is 0.338 e. The van der Waals surface area contributed by atoms with E-state index in [9.17, 15) is 22.8 Å². The third-order valence-electron chi connectivity index (χ3n) is 3.40. The second kappa shape index (κ2) is 9.65. The van der Waals surface area contributed by atoms with Crippen molar-refractivity contribution < 1.29 is 27.5 Å². The van der Waals surface area contributed by atoms with Gasteiger partial charge in [0, 0.05) is 11.6 Å². The largest absolute Gasteiger partial charge is 0.452 e. The van der Waals surface area contributed by atoms with E-state index in [0.717, 1.165) is 6.07 Å². The molecule has 0 fully saturated rings. The van der Waals surface area contributed by atoms with Gasteiger partial charge in [-0.1, -0.05) is 13.0 Å². The molecular formula is C18H27N3O6S. The van der Waals surface area contributed by atoms with Crippen LogP contribution in [0.2, 0.25) is 0 Å².